The van der Waals surface area contributed by atoms with Crippen molar-refractivity contribution >= 4 is 11.6 Å². The second-order valence-electron chi connectivity index (χ2n) is 4.91. The summed E-state index contributed by atoms with van der Waals surface area (Å²) in [5.74, 6) is 1.64. The Morgan fingerprint density at radius 1 is 1.10 bits per heavy atom. The lowest BCUT2D eigenvalue weighted by molar-refractivity contribution is 0.296. The molecule has 0 fully saturated rings. The van der Waals surface area contributed by atoms with Crippen molar-refractivity contribution in [2.75, 3.05) is 13.7 Å². The van der Waals surface area contributed by atoms with Crippen molar-refractivity contribution in [3.8, 4) is 11.5 Å². The molecule has 0 bridgehead atoms. The van der Waals surface area contributed by atoms with E-state index in [-0.39, 0.29) is 6.04 Å². The summed E-state index contributed by atoms with van der Waals surface area (Å²) in [6.45, 7) is 0.591. The summed E-state index contributed by atoms with van der Waals surface area (Å²) >= 11 is 5.96. The molecule has 0 aromatic heterocycles. The molecular weight excluding hydrogens is 286 g/mol. The minimum atomic E-state index is 0.0571. The van der Waals surface area contributed by atoms with Crippen LogP contribution >= 0.6 is 11.6 Å². The van der Waals surface area contributed by atoms with Gasteiger partial charge in [-0.15, -0.1) is 0 Å². The monoisotopic (exact) mass is 305 g/mol. The van der Waals surface area contributed by atoms with E-state index in [1.54, 1.807) is 7.11 Å². The molecule has 0 amide bonds. The summed E-state index contributed by atoms with van der Waals surface area (Å²) in [6, 6.07) is 15.4. The van der Waals surface area contributed by atoms with E-state index in [1.807, 2.05) is 48.5 Å². The maximum atomic E-state index is 6.12. The van der Waals surface area contributed by atoms with Crippen molar-refractivity contribution in [2.24, 2.45) is 5.73 Å². The standard InChI is InChI=1S/C17H20ClNO2/c1-20-16-5-7-17(8-6-16)21-10-9-15(19)12-13-3-2-4-14(18)11-13/h2-8,11,15H,9-10,12,19H2,1H3. The predicted molar refractivity (Wildman–Crippen MR) is 86.2 cm³/mol. The molecule has 0 heterocycles. The van der Waals surface area contributed by atoms with E-state index in [1.165, 1.54) is 0 Å². The molecule has 0 saturated heterocycles. The highest BCUT2D eigenvalue weighted by Gasteiger charge is 2.05. The fourth-order valence-corrected chi connectivity index (χ4v) is 2.28. The molecule has 112 valence electrons. The van der Waals surface area contributed by atoms with E-state index in [0.29, 0.717) is 6.61 Å². The number of ether oxygens (including phenoxy) is 2. The second kappa shape index (κ2) is 7.91. The zero-order valence-electron chi connectivity index (χ0n) is 12.1. The predicted octanol–water partition coefficient (Wildman–Crippen LogP) is 3.69. The number of rotatable bonds is 7. The van der Waals surface area contributed by atoms with Crippen LogP contribution in [0.3, 0.4) is 0 Å². The lowest BCUT2D eigenvalue weighted by Crippen LogP contribution is -2.25. The van der Waals surface area contributed by atoms with Crippen molar-refractivity contribution in [1.82, 2.24) is 0 Å². The Morgan fingerprint density at radius 3 is 2.48 bits per heavy atom. The average molecular weight is 306 g/mol. The van der Waals surface area contributed by atoms with Crippen LogP contribution in [0.1, 0.15) is 12.0 Å². The Hall–Kier alpha value is -1.71. The van der Waals surface area contributed by atoms with E-state index in [2.05, 4.69) is 0 Å². The Bertz CT molecular complexity index is 557. The Balaban J connectivity index is 1.74. The van der Waals surface area contributed by atoms with Gasteiger partial charge < -0.3 is 15.2 Å². The van der Waals surface area contributed by atoms with Crippen LogP contribution in [0.4, 0.5) is 0 Å². The highest BCUT2D eigenvalue weighted by Crippen LogP contribution is 2.17. The van der Waals surface area contributed by atoms with Gasteiger partial charge in [-0.05, 0) is 54.8 Å². The van der Waals surface area contributed by atoms with Crippen LogP contribution < -0.4 is 15.2 Å². The van der Waals surface area contributed by atoms with Crippen LogP contribution in [-0.2, 0) is 6.42 Å². The average Bonchev–Trinajstić information content (AvgIpc) is 2.48. The molecule has 2 aromatic rings. The quantitative estimate of drug-likeness (QED) is 0.848. The summed E-state index contributed by atoms with van der Waals surface area (Å²) in [5, 5.41) is 0.745. The first kappa shape index (κ1) is 15.7. The first-order valence-corrected chi connectivity index (χ1v) is 7.32. The highest BCUT2D eigenvalue weighted by molar-refractivity contribution is 6.30. The molecule has 4 heteroatoms. The van der Waals surface area contributed by atoms with Crippen molar-refractivity contribution < 1.29 is 9.47 Å². The molecule has 0 saturated carbocycles. The van der Waals surface area contributed by atoms with Crippen LogP contribution in [0, 0.1) is 0 Å². The largest absolute Gasteiger partial charge is 0.497 e. The molecule has 3 nitrogen and oxygen atoms in total. The van der Waals surface area contributed by atoms with Gasteiger partial charge in [0, 0.05) is 11.1 Å². The first-order chi connectivity index (χ1) is 10.2. The topological polar surface area (TPSA) is 44.5 Å². The third kappa shape index (κ3) is 5.29. The summed E-state index contributed by atoms with van der Waals surface area (Å²) in [5.41, 5.74) is 7.27. The Morgan fingerprint density at radius 2 is 1.81 bits per heavy atom. The van der Waals surface area contributed by atoms with Gasteiger partial charge in [0.25, 0.3) is 0 Å². The van der Waals surface area contributed by atoms with Gasteiger partial charge in [-0.3, -0.25) is 0 Å². The van der Waals surface area contributed by atoms with E-state index in [4.69, 9.17) is 26.8 Å². The van der Waals surface area contributed by atoms with Crippen molar-refractivity contribution in [1.29, 1.82) is 0 Å². The van der Waals surface area contributed by atoms with Crippen LogP contribution in [0.15, 0.2) is 48.5 Å². The number of hydrogen-bond acceptors (Lipinski definition) is 3. The lowest BCUT2D eigenvalue weighted by Gasteiger charge is -2.13. The Kier molecular flexibility index (Phi) is 5.90. The van der Waals surface area contributed by atoms with Crippen molar-refractivity contribution in [3.63, 3.8) is 0 Å². The molecule has 0 aliphatic carbocycles. The van der Waals surface area contributed by atoms with Gasteiger partial charge in [0.15, 0.2) is 0 Å². The van der Waals surface area contributed by atoms with E-state index >= 15 is 0 Å². The van der Waals surface area contributed by atoms with Crippen molar-refractivity contribution in [3.05, 3.63) is 59.1 Å². The fraction of sp³-hybridized carbons (Fsp3) is 0.294. The maximum absolute atomic E-state index is 6.12. The van der Waals surface area contributed by atoms with Gasteiger partial charge in [-0.2, -0.15) is 0 Å². The van der Waals surface area contributed by atoms with E-state index in [0.717, 1.165) is 34.9 Å². The number of nitrogens with two attached hydrogens (primary N) is 1. The SMILES string of the molecule is COc1ccc(OCCC(N)Cc2cccc(Cl)c2)cc1. The zero-order valence-corrected chi connectivity index (χ0v) is 12.8. The molecular formula is C17H20ClNO2. The van der Waals surface area contributed by atoms with Crippen LogP contribution in [-0.4, -0.2) is 19.8 Å². The Labute approximate surface area is 130 Å². The van der Waals surface area contributed by atoms with Crippen molar-refractivity contribution in [2.45, 2.75) is 18.9 Å². The summed E-state index contributed by atoms with van der Waals surface area (Å²) in [4.78, 5) is 0. The van der Waals surface area contributed by atoms with Gasteiger partial charge in [0.1, 0.15) is 11.5 Å². The highest BCUT2D eigenvalue weighted by atomic mass is 35.5. The van der Waals surface area contributed by atoms with Gasteiger partial charge in [-0.25, -0.2) is 0 Å². The zero-order chi connectivity index (χ0) is 15.1. The molecule has 0 aliphatic rings. The first-order valence-electron chi connectivity index (χ1n) is 6.94. The molecule has 0 spiro atoms. The van der Waals surface area contributed by atoms with Gasteiger partial charge in [0.05, 0.1) is 13.7 Å². The number of halogens is 1. The molecule has 1 atom stereocenters. The van der Waals surface area contributed by atoms with Gasteiger partial charge >= 0.3 is 0 Å². The minimum Gasteiger partial charge on any atom is -0.497 e. The number of benzene rings is 2. The van der Waals surface area contributed by atoms with Gasteiger partial charge in [-0.1, -0.05) is 23.7 Å². The van der Waals surface area contributed by atoms with E-state index in [9.17, 15) is 0 Å². The van der Waals surface area contributed by atoms with Crippen LogP contribution in [0.2, 0.25) is 5.02 Å². The normalized spacial score (nSPS) is 12.0. The van der Waals surface area contributed by atoms with Crippen LogP contribution in [0.25, 0.3) is 0 Å². The number of methoxy groups -OCH3 is 1. The molecule has 0 aliphatic heterocycles. The molecule has 0 radical (unpaired) electrons. The van der Waals surface area contributed by atoms with Gasteiger partial charge in [0.2, 0.25) is 0 Å². The molecule has 2 aromatic carbocycles. The molecule has 1 unspecified atom stereocenters. The third-order valence-corrected chi connectivity index (χ3v) is 3.44. The fourth-order valence-electron chi connectivity index (χ4n) is 2.07. The smallest absolute Gasteiger partial charge is 0.119 e. The van der Waals surface area contributed by atoms with E-state index < -0.39 is 0 Å². The molecule has 2 rings (SSSR count). The third-order valence-electron chi connectivity index (χ3n) is 3.20. The maximum Gasteiger partial charge on any atom is 0.119 e. The number of hydrogen-bond donors (Lipinski definition) is 1. The second-order valence-corrected chi connectivity index (χ2v) is 5.34. The lowest BCUT2D eigenvalue weighted by atomic mass is 10.0. The summed E-state index contributed by atoms with van der Waals surface area (Å²) in [6.07, 6.45) is 1.59. The summed E-state index contributed by atoms with van der Waals surface area (Å²) in [7, 11) is 1.64. The molecule has 21 heavy (non-hydrogen) atoms. The minimum absolute atomic E-state index is 0.0571. The molecule has 2 N–H and O–H groups in total. The summed E-state index contributed by atoms with van der Waals surface area (Å²) < 4.78 is 10.8. The van der Waals surface area contributed by atoms with Crippen LogP contribution in [0.5, 0.6) is 11.5 Å².